The van der Waals surface area contributed by atoms with E-state index >= 15 is 0 Å². The molecule has 5 rings (SSSR count). The van der Waals surface area contributed by atoms with E-state index < -0.39 is 0 Å². The average Bonchev–Trinajstić information content (AvgIpc) is 3.49. The van der Waals surface area contributed by atoms with Gasteiger partial charge in [-0.05, 0) is 51.8 Å². The summed E-state index contributed by atoms with van der Waals surface area (Å²) in [6.07, 6.45) is 2.20. The number of carbonyl (C=O) groups is 1. The van der Waals surface area contributed by atoms with Gasteiger partial charge in [0, 0.05) is 11.6 Å². The van der Waals surface area contributed by atoms with E-state index in [1.807, 2.05) is 35.0 Å². The number of hydrogen-bond donors (Lipinski definition) is 0. The molecule has 0 N–H and O–H groups in total. The maximum atomic E-state index is 13.7. The number of ether oxygens (including phenoxy) is 1. The number of anilines is 1. The highest BCUT2D eigenvalue weighted by molar-refractivity contribution is 6.36. The van der Waals surface area contributed by atoms with E-state index in [1.165, 1.54) is 0 Å². The van der Waals surface area contributed by atoms with Crippen LogP contribution in [0.15, 0.2) is 30.3 Å². The molecule has 0 unspecified atom stereocenters. The Morgan fingerprint density at radius 1 is 1.24 bits per heavy atom. The Hall–Kier alpha value is -2.60. The van der Waals surface area contributed by atoms with E-state index in [1.54, 1.807) is 4.90 Å². The third kappa shape index (κ3) is 3.06. The first kappa shape index (κ1) is 18.4. The van der Waals surface area contributed by atoms with Crippen LogP contribution in [0.4, 0.5) is 5.69 Å². The maximum absolute atomic E-state index is 13.7. The lowest BCUT2D eigenvalue weighted by atomic mass is 10.1. The minimum absolute atomic E-state index is 0.0922. The Morgan fingerprint density at radius 2 is 2.00 bits per heavy atom. The van der Waals surface area contributed by atoms with Crippen LogP contribution in [-0.4, -0.2) is 33.8 Å². The summed E-state index contributed by atoms with van der Waals surface area (Å²) in [6, 6.07) is 9.54. The Labute approximate surface area is 174 Å². The quantitative estimate of drug-likeness (QED) is 0.611. The van der Waals surface area contributed by atoms with Crippen LogP contribution in [0.2, 0.25) is 5.15 Å². The number of para-hydroxylation sites is 2. The normalized spacial score (nSPS) is 16.6. The van der Waals surface area contributed by atoms with Gasteiger partial charge in [0.25, 0.3) is 5.91 Å². The lowest BCUT2D eigenvalue weighted by molar-refractivity contribution is 0.0978. The first-order valence-corrected chi connectivity index (χ1v) is 10.4. The third-order valence-corrected chi connectivity index (χ3v) is 5.71. The minimum Gasteiger partial charge on any atom is -0.490 e. The monoisotopic (exact) mass is 410 g/mol. The van der Waals surface area contributed by atoms with Crippen molar-refractivity contribution in [2.24, 2.45) is 0 Å². The van der Waals surface area contributed by atoms with Gasteiger partial charge in [-0.15, -0.1) is 0 Å². The van der Waals surface area contributed by atoms with Crippen molar-refractivity contribution in [3.63, 3.8) is 0 Å². The van der Waals surface area contributed by atoms with Crippen LogP contribution in [-0.2, 0) is 5.54 Å². The summed E-state index contributed by atoms with van der Waals surface area (Å²) >= 11 is 6.55. The van der Waals surface area contributed by atoms with Gasteiger partial charge in [0.2, 0.25) is 0 Å². The van der Waals surface area contributed by atoms with Crippen molar-refractivity contribution >= 4 is 34.2 Å². The molecule has 29 heavy (non-hydrogen) atoms. The number of aromatic nitrogens is 3. The van der Waals surface area contributed by atoms with Gasteiger partial charge < -0.3 is 9.64 Å². The number of carbonyl (C=O) groups excluding carboxylic acids is 1. The van der Waals surface area contributed by atoms with Gasteiger partial charge in [-0.1, -0.05) is 23.7 Å². The second-order valence-electron chi connectivity index (χ2n) is 8.71. The molecular weight excluding hydrogens is 388 g/mol. The lowest BCUT2D eigenvalue weighted by Gasteiger charge is -2.29. The fraction of sp³-hybridized carbons (Fsp3) is 0.409. The van der Waals surface area contributed by atoms with Crippen LogP contribution in [0.3, 0.4) is 0 Å². The predicted molar refractivity (Wildman–Crippen MR) is 113 cm³/mol. The second-order valence-corrected chi connectivity index (χ2v) is 9.07. The highest BCUT2D eigenvalue weighted by Gasteiger charge is 2.33. The number of halogens is 1. The molecular formula is C22H23ClN4O2. The Morgan fingerprint density at radius 3 is 2.72 bits per heavy atom. The minimum atomic E-state index is -0.299. The molecule has 0 atom stereocenters. The molecule has 0 bridgehead atoms. The van der Waals surface area contributed by atoms with E-state index in [2.05, 4.69) is 25.9 Å². The van der Waals surface area contributed by atoms with Crippen LogP contribution in [0.5, 0.6) is 5.75 Å². The van der Waals surface area contributed by atoms with Gasteiger partial charge in [-0.2, -0.15) is 5.10 Å². The molecule has 1 fully saturated rings. The molecule has 7 heteroatoms. The molecule has 1 saturated carbocycles. The summed E-state index contributed by atoms with van der Waals surface area (Å²) in [6.45, 7) is 7.12. The van der Waals surface area contributed by atoms with Crippen molar-refractivity contribution in [1.29, 1.82) is 0 Å². The number of nitrogens with zero attached hydrogens (tertiary/aromatic N) is 4. The van der Waals surface area contributed by atoms with E-state index in [0.717, 1.165) is 30.0 Å². The van der Waals surface area contributed by atoms with Crippen molar-refractivity contribution in [3.8, 4) is 5.75 Å². The molecule has 3 heterocycles. The van der Waals surface area contributed by atoms with E-state index in [-0.39, 0.29) is 11.4 Å². The molecule has 2 aliphatic rings. The molecule has 0 saturated heterocycles. The van der Waals surface area contributed by atoms with Crippen LogP contribution >= 0.6 is 11.6 Å². The standard InChI is InChI=1S/C22H23ClN4O2/c1-22(2,3)27-20-18(19(23)25-27)14(12-15(24-20)13-8-9-13)21(28)26-10-11-29-17-7-5-4-6-16(17)26/h4-7,12-13H,8-11H2,1-3H3. The first-order valence-electron chi connectivity index (χ1n) is 9.98. The number of amides is 1. The van der Waals surface area contributed by atoms with E-state index in [9.17, 15) is 4.79 Å². The summed E-state index contributed by atoms with van der Waals surface area (Å²) < 4.78 is 7.56. The second kappa shape index (κ2) is 6.46. The van der Waals surface area contributed by atoms with Gasteiger partial charge in [0.1, 0.15) is 12.4 Å². The van der Waals surface area contributed by atoms with Crippen molar-refractivity contribution in [2.75, 3.05) is 18.1 Å². The molecule has 1 aromatic carbocycles. The first-order chi connectivity index (χ1) is 13.8. The van der Waals surface area contributed by atoms with Crippen molar-refractivity contribution < 1.29 is 9.53 Å². The molecule has 0 spiro atoms. The number of rotatable bonds is 2. The Bertz CT molecular complexity index is 1130. The fourth-order valence-corrected chi connectivity index (χ4v) is 4.11. The molecule has 0 radical (unpaired) electrons. The van der Waals surface area contributed by atoms with Gasteiger partial charge in [-0.25, -0.2) is 9.67 Å². The smallest absolute Gasteiger partial charge is 0.259 e. The maximum Gasteiger partial charge on any atom is 0.259 e. The van der Waals surface area contributed by atoms with E-state index in [4.69, 9.17) is 21.3 Å². The average molecular weight is 411 g/mol. The third-order valence-electron chi connectivity index (χ3n) is 5.45. The molecule has 6 nitrogen and oxygen atoms in total. The van der Waals surface area contributed by atoms with Gasteiger partial charge in [-0.3, -0.25) is 4.79 Å². The van der Waals surface area contributed by atoms with Gasteiger partial charge in [0.15, 0.2) is 10.8 Å². The summed E-state index contributed by atoms with van der Waals surface area (Å²) in [5.74, 6) is 1.03. The zero-order valence-electron chi connectivity index (χ0n) is 16.8. The molecule has 150 valence electrons. The number of hydrogen-bond acceptors (Lipinski definition) is 4. The van der Waals surface area contributed by atoms with Gasteiger partial charge in [0.05, 0.1) is 28.7 Å². The molecule has 1 aliphatic carbocycles. The summed E-state index contributed by atoms with van der Waals surface area (Å²) in [5.41, 5.74) is 2.67. The SMILES string of the molecule is CC(C)(C)n1nc(Cl)c2c(C(=O)N3CCOc4ccccc43)cc(C3CC3)nc21. The largest absolute Gasteiger partial charge is 0.490 e. The highest BCUT2D eigenvalue weighted by atomic mass is 35.5. The highest BCUT2D eigenvalue weighted by Crippen LogP contribution is 2.42. The Balaban J connectivity index is 1.71. The van der Waals surface area contributed by atoms with Crippen LogP contribution in [0.1, 0.15) is 55.6 Å². The number of benzene rings is 1. The molecule has 2 aromatic heterocycles. The fourth-order valence-electron chi connectivity index (χ4n) is 3.84. The number of pyridine rings is 1. The van der Waals surface area contributed by atoms with Gasteiger partial charge >= 0.3 is 0 Å². The zero-order chi connectivity index (χ0) is 20.3. The van der Waals surface area contributed by atoms with Crippen molar-refractivity contribution in [1.82, 2.24) is 14.8 Å². The summed E-state index contributed by atoms with van der Waals surface area (Å²) in [5, 5.41) is 5.48. The van der Waals surface area contributed by atoms with Crippen molar-refractivity contribution in [2.45, 2.75) is 45.1 Å². The van der Waals surface area contributed by atoms with Crippen LogP contribution < -0.4 is 9.64 Å². The lowest BCUT2D eigenvalue weighted by Crippen LogP contribution is -2.38. The number of fused-ring (bicyclic) bond motifs is 2. The summed E-state index contributed by atoms with van der Waals surface area (Å²) in [7, 11) is 0. The zero-order valence-corrected chi connectivity index (χ0v) is 17.5. The van der Waals surface area contributed by atoms with E-state index in [0.29, 0.717) is 40.8 Å². The van der Waals surface area contributed by atoms with Crippen molar-refractivity contribution in [3.05, 3.63) is 46.7 Å². The Kier molecular flexibility index (Phi) is 4.10. The molecule has 1 amide bonds. The van der Waals surface area contributed by atoms with Crippen LogP contribution in [0, 0.1) is 0 Å². The van der Waals surface area contributed by atoms with Crippen LogP contribution in [0.25, 0.3) is 11.0 Å². The summed E-state index contributed by atoms with van der Waals surface area (Å²) in [4.78, 5) is 20.4. The predicted octanol–water partition coefficient (Wildman–Crippen LogP) is 4.76. The molecule has 1 aliphatic heterocycles. The topological polar surface area (TPSA) is 60.2 Å². The molecule has 3 aromatic rings.